The first-order valence-corrected chi connectivity index (χ1v) is 11.9. The number of aryl methyl sites for hydroxylation is 2. The van der Waals surface area contributed by atoms with Crippen LogP contribution in [0.25, 0.3) is 21.9 Å². The van der Waals surface area contributed by atoms with Crippen molar-refractivity contribution < 1.29 is 9.29 Å². The predicted molar refractivity (Wildman–Crippen MR) is 132 cm³/mol. The molecule has 0 saturated carbocycles. The summed E-state index contributed by atoms with van der Waals surface area (Å²) in [5.41, 5.74) is 4.60. The SMILES string of the molecule is CC[S+]([O-])c1ccc2ncnc(Nc3ccc(Oc4ccc5c(c4)ncn5C)c(C)c3)c2c1. The number of hydrogen-bond acceptors (Lipinski definition) is 6. The average Bonchev–Trinajstić information content (AvgIpc) is 3.20. The van der Waals surface area contributed by atoms with Gasteiger partial charge < -0.3 is 19.2 Å². The summed E-state index contributed by atoms with van der Waals surface area (Å²) in [4.78, 5) is 13.9. The first-order chi connectivity index (χ1) is 16.0. The Kier molecular flexibility index (Phi) is 5.62. The third kappa shape index (κ3) is 4.22. The lowest BCUT2D eigenvalue weighted by molar-refractivity contribution is 0.479. The average molecular weight is 458 g/mol. The van der Waals surface area contributed by atoms with Crippen molar-refractivity contribution in [2.75, 3.05) is 11.1 Å². The maximum Gasteiger partial charge on any atom is 0.153 e. The lowest BCUT2D eigenvalue weighted by atomic mass is 10.2. The van der Waals surface area contributed by atoms with Gasteiger partial charge in [0.15, 0.2) is 4.90 Å². The van der Waals surface area contributed by atoms with Crippen molar-refractivity contribution in [2.24, 2.45) is 7.05 Å². The van der Waals surface area contributed by atoms with E-state index in [1.807, 2.05) is 80.1 Å². The highest BCUT2D eigenvalue weighted by Crippen LogP contribution is 2.31. The molecule has 3 aromatic carbocycles. The molecule has 0 fully saturated rings. The summed E-state index contributed by atoms with van der Waals surface area (Å²) in [5, 5.41) is 4.20. The van der Waals surface area contributed by atoms with E-state index in [0.29, 0.717) is 11.6 Å². The van der Waals surface area contributed by atoms with Crippen molar-refractivity contribution in [3.63, 3.8) is 0 Å². The van der Waals surface area contributed by atoms with Crippen LogP contribution in [0.4, 0.5) is 11.5 Å². The molecule has 33 heavy (non-hydrogen) atoms. The van der Waals surface area contributed by atoms with Gasteiger partial charge in [0.05, 0.1) is 22.9 Å². The minimum atomic E-state index is -1.04. The molecule has 2 heterocycles. The third-order valence-corrected chi connectivity index (χ3v) is 6.80. The molecule has 8 heteroatoms. The molecule has 7 nitrogen and oxygen atoms in total. The summed E-state index contributed by atoms with van der Waals surface area (Å²) in [6.07, 6.45) is 3.32. The van der Waals surface area contributed by atoms with E-state index in [2.05, 4.69) is 20.3 Å². The van der Waals surface area contributed by atoms with Crippen LogP contribution in [0.5, 0.6) is 11.5 Å². The molecule has 0 saturated heterocycles. The van der Waals surface area contributed by atoms with Gasteiger partial charge in [-0.05, 0) is 73.1 Å². The van der Waals surface area contributed by atoms with Crippen LogP contribution in [0.3, 0.4) is 0 Å². The predicted octanol–water partition coefficient (Wildman–Crippen LogP) is 5.49. The van der Waals surface area contributed by atoms with Gasteiger partial charge in [-0.2, -0.15) is 0 Å². The molecular weight excluding hydrogens is 434 g/mol. The van der Waals surface area contributed by atoms with Crippen molar-refractivity contribution >= 4 is 44.6 Å². The fourth-order valence-electron chi connectivity index (χ4n) is 3.73. The van der Waals surface area contributed by atoms with Crippen LogP contribution in [0.15, 0.2) is 72.1 Å². The van der Waals surface area contributed by atoms with Crippen LogP contribution < -0.4 is 10.1 Å². The second-order valence-electron chi connectivity index (χ2n) is 7.75. The monoisotopic (exact) mass is 457 g/mol. The molecule has 0 radical (unpaired) electrons. The number of hydrogen-bond donors (Lipinski definition) is 1. The highest BCUT2D eigenvalue weighted by molar-refractivity contribution is 7.91. The molecule has 0 aliphatic heterocycles. The number of aromatic nitrogens is 4. The number of fused-ring (bicyclic) bond motifs is 2. The van der Waals surface area contributed by atoms with Crippen LogP contribution in [0.1, 0.15) is 12.5 Å². The second-order valence-corrected chi connectivity index (χ2v) is 9.49. The molecule has 0 amide bonds. The minimum absolute atomic E-state index is 0.565. The van der Waals surface area contributed by atoms with Gasteiger partial charge in [-0.15, -0.1) is 0 Å². The zero-order valence-electron chi connectivity index (χ0n) is 18.6. The van der Waals surface area contributed by atoms with E-state index >= 15 is 0 Å². The van der Waals surface area contributed by atoms with Crippen LogP contribution in [0.2, 0.25) is 0 Å². The molecule has 0 aliphatic rings. The molecule has 2 aromatic heterocycles. The van der Waals surface area contributed by atoms with Crippen molar-refractivity contribution in [3.05, 3.63) is 72.8 Å². The Morgan fingerprint density at radius 3 is 2.70 bits per heavy atom. The van der Waals surface area contributed by atoms with E-state index in [4.69, 9.17) is 4.74 Å². The summed E-state index contributed by atoms with van der Waals surface area (Å²) in [5.74, 6) is 2.74. The molecule has 5 aromatic rings. The Morgan fingerprint density at radius 2 is 1.88 bits per heavy atom. The van der Waals surface area contributed by atoms with Crippen LogP contribution in [-0.4, -0.2) is 29.8 Å². The molecule has 0 bridgehead atoms. The van der Waals surface area contributed by atoms with Gasteiger partial charge in [-0.1, -0.05) is 0 Å². The van der Waals surface area contributed by atoms with Gasteiger partial charge in [-0.25, -0.2) is 15.0 Å². The number of benzene rings is 3. The van der Waals surface area contributed by atoms with Crippen LogP contribution in [-0.2, 0) is 18.2 Å². The van der Waals surface area contributed by atoms with Crippen molar-refractivity contribution in [1.29, 1.82) is 0 Å². The van der Waals surface area contributed by atoms with E-state index < -0.39 is 11.2 Å². The lowest BCUT2D eigenvalue weighted by Gasteiger charge is -2.13. The van der Waals surface area contributed by atoms with E-state index in [9.17, 15) is 4.55 Å². The lowest BCUT2D eigenvalue weighted by Crippen LogP contribution is -2.04. The van der Waals surface area contributed by atoms with E-state index in [0.717, 1.165) is 49.6 Å². The van der Waals surface area contributed by atoms with Gasteiger partial charge in [-0.3, -0.25) is 0 Å². The Labute approximate surface area is 194 Å². The topological polar surface area (TPSA) is 87.9 Å². The standard InChI is InChI=1S/C25H23N5O2S/c1-4-33(31)19-7-8-21-20(13-19)25(27-14-26-21)29-17-5-10-24(16(2)11-17)32-18-6-9-23-22(12-18)28-15-30(23)3/h5-15H,4H2,1-3H3,(H,26,27,29). The fraction of sp³-hybridized carbons (Fsp3) is 0.160. The summed E-state index contributed by atoms with van der Waals surface area (Å²) >= 11 is -1.04. The quantitative estimate of drug-likeness (QED) is 0.339. The Balaban J connectivity index is 1.40. The zero-order chi connectivity index (χ0) is 22.9. The number of anilines is 2. The van der Waals surface area contributed by atoms with Crippen LogP contribution in [0, 0.1) is 6.92 Å². The highest BCUT2D eigenvalue weighted by atomic mass is 32.2. The number of ether oxygens (including phenoxy) is 1. The smallest absolute Gasteiger partial charge is 0.153 e. The normalized spacial score (nSPS) is 12.2. The molecule has 1 N–H and O–H groups in total. The fourth-order valence-corrected chi connectivity index (χ4v) is 4.53. The second kappa shape index (κ2) is 8.73. The van der Waals surface area contributed by atoms with Gasteiger partial charge >= 0.3 is 0 Å². The molecule has 0 spiro atoms. The highest BCUT2D eigenvalue weighted by Gasteiger charge is 2.13. The molecule has 1 unspecified atom stereocenters. The van der Waals surface area contributed by atoms with Gasteiger partial charge in [0.1, 0.15) is 29.4 Å². The van der Waals surface area contributed by atoms with E-state index in [-0.39, 0.29) is 0 Å². The van der Waals surface area contributed by atoms with E-state index in [1.165, 1.54) is 6.33 Å². The minimum Gasteiger partial charge on any atom is -0.611 e. The summed E-state index contributed by atoms with van der Waals surface area (Å²) in [7, 11) is 1.97. The Morgan fingerprint density at radius 1 is 1.00 bits per heavy atom. The summed E-state index contributed by atoms with van der Waals surface area (Å²) in [6.45, 7) is 3.90. The number of imidazole rings is 1. The Bertz CT molecular complexity index is 1470. The first kappa shape index (κ1) is 21.2. The maximum atomic E-state index is 12.3. The zero-order valence-corrected chi connectivity index (χ0v) is 19.4. The molecule has 1 atom stereocenters. The Hall–Kier alpha value is -3.62. The number of nitrogens with zero attached hydrogens (tertiary/aromatic N) is 4. The van der Waals surface area contributed by atoms with Crippen LogP contribution >= 0.6 is 0 Å². The van der Waals surface area contributed by atoms with E-state index in [1.54, 1.807) is 6.33 Å². The summed E-state index contributed by atoms with van der Waals surface area (Å²) in [6, 6.07) is 17.4. The van der Waals surface area contributed by atoms with Crippen molar-refractivity contribution in [2.45, 2.75) is 18.7 Å². The molecule has 0 aliphatic carbocycles. The maximum absolute atomic E-state index is 12.3. The first-order valence-electron chi connectivity index (χ1n) is 10.6. The van der Waals surface area contributed by atoms with Gasteiger partial charge in [0.2, 0.25) is 0 Å². The van der Waals surface area contributed by atoms with Crippen molar-refractivity contribution in [1.82, 2.24) is 19.5 Å². The third-order valence-electron chi connectivity index (χ3n) is 5.49. The molecule has 166 valence electrons. The molecule has 5 rings (SSSR count). The van der Waals surface area contributed by atoms with Gasteiger partial charge in [0, 0.05) is 30.3 Å². The van der Waals surface area contributed by atoms with Crippen molar-refractivity contribution in [3.8, 4) is 11.5 Å². The molecular formula is C25H23N5O2S. The summed E-state index contributed by atoms with van der Waals surface area (Å²) < 4.78 is 20.4. The number of rotatable bonds is 6. The van der Waals surface area contributed by atoms with Gasteiger partial charge in [0.25, 0.3) is 0 Å². The largest absolute Gasteiger partial charge is 0.611 e. The number of nitrogens with one attached hydrogen (secondary N) is 1.